The molecule has 0 aromatic heterocycles. The van der Waals surface area contributed by atoms with Gasteiger partial charge in [0.1, 0.15) is 22.7 Å². The van der Waals surface area contributed by atoms with Crippen LogP contribution in [0.5, 0.6) is 0 Å². The van der Waals surface area contributed by atoms with Gasteiger partial charge in [0.2, 0.25) is 12.6 Å². The van der Waals surface area contributed by atoms with Gasteiger partial charge in [0.25, 0.3) is 0 Å². The fourth-order valence-corrected chi connectivity index (χ4v) is 6.10. The zero-order valence-corrected chi connectivity index (χ0v) is 36.1. The number of benzene rings is 2. The fourth-order valence-electron chi connectivity index (χ4n) is 4.56. The van der Waals surface area contributed by atoms with Crippen LogP contribution in [0.4, 0.5) is 9.59 Å². The van der Waals surface area contributed by atoms with Crippen LogP contribution in [-0.4, -0.2) is 93.3 Å². The summed E-state index contributed by atoms with van der Waals surface area (Å²) in [5.41, 5.74) is -0.736. The molecular weight excluding hydrogens is 898 g/mol. The molecule has 12 nitrogen and oxygen atoms in total. The lowest BCUT2D eigenvalue weighted by Crippen LogP contribution is -3.00. The molecule has 288 valence electrons. The van der Waals surface area contributed by atoms with E-state index in [0.29, 0.717) is 21.2 Å². The smallest absolute Gasteiger partial charge is 0.414 e. The number of rotatable bonds is 5. The molecule has 2 aromatic rings. The first-order chi connectivity index (χ1) is 23.5. The molecule has 2 unspecified atom stereocenters. The van der Waals surface area contributed by atoms with Gasteiger partial charge < -0.3 is 51.0 Å². The Balaban J connectivity index is 0.000000449. The second-order valence-corrected chi connectivity index (χ2v) is 15.4. The molecule has 2 aromatic carbocycles. The zero-order valence-electron chi connectivity index (χ0n) is 29.9. The van der Waals surface area contributed by atoms with Gasteiger partial charge in [-0.2, -0.15) is 0 Å². The lowest BCUT2D eigenvalue weighted by atomic mass is 9.83. The van der Waals surface area contributed by atoms with E-state index in [9.17, 15) is 24.3 Å². The van der Waals surface area contributed by atoms with Crippen LogP contribution in [0.2, 0.25) is 10.0 Å². The first-order valence-corrected chi connectivity index (χ1v) is 17.6. The van der Waals surface area contributed by atoms with Crippen LogP contribution in [0.1, 0.15) is 38.8 Å². The Bertz CT molecular complexity index is 1730. The Labute approximate surface area is 340 Å². The minimum Gasteiger partial charge on any atom is -1.00 e. The number of nitrogens with zero attached hydrogens (tertiary/aromatic N) is 2. The molecule has 52 heavy (non-hydrogen) atoms. The zero-order chi connectivity index (χ0) is 39.2. The summed E-state index contributed by atoms with van der Waals surface area (Å²) >= 11 is 24.0. The van der Waals surface area contributed by atoms with Crippen LogP contribution < -0.4 is 12.4 Å². The molecule has 0 spiro atoms. The normalized spacial score (nSPS) is 18.7. The van der Waals surface area contributed by atoms with E-state index in [1.54, 1.807) is 92.3 Å². The van der Waals surface area contributed by atoms with E-state index >= 15 is 0 Å². The first kappa shape index (κ1) is 47.5. The third-order valence-corrected chi connectivity index (χ3v) is 9.36. The van der Waals surface area contributed by atoms with Crippen LogP contribution in [0, 0.1) is 10.8 Å². The summed E-state index contributed by atoms with van der Waals surface area (Å²) in [6, 6.07) is 10.1. The molecule has 18 heteroatoms. The van der Waals surface area contributed by atoms with Crippen LogP contribution in [-0.2, 0) is 33.3 Å². The summed E-state index contributed by atoms with van der Waals surface area (Å²) < 4.78 is 28.0. The summed E-state index contributed by atoms with van der Waals surface area (Å²) in [7, 11) is 9.13. The quantitative estimate of drug-likeness (QED) is 0.167. The number of halogens is 6. The van der Waals surface area contributed by atoms with Crippen molar-refractivity contribution >= 4 is 101 Å². The summed E-state index contributed by atoms with van der Waals surface area (Å²) in [6.45, 7) is 6.99. The number of carbonyl (C=O) groups is 4. The van der Waals surface area contributed by atoms with Gasteiger partial charge >= 0.3 is 23.4 Å². The Hall–Kier alpha value is -2.56. The number of cyclic esters (lactones) is 2. The van der Waals surface area contributed by atoms with E-state index in [1.165, 1.54) is 24.0 Å². The molecule has 1 N–H and O–H groups in total. The highest BCUT2D eigenvalue weighted by atomic mass is 79.9. The van der Waals surface area contributed by atoms with Crippen molar-refractivity contribution in [1.29, 1.82) is 0 Å². The van der Waals surface area contributed by atoms with E-state index in [2.05, 4.69) is 31.9 Å². The largest absolute Gasteiger partial charge is 1.00 e. The molecule has 0 aliphatic carbocycles. The van der Waals surface area contributed by atoms with Crippen molar-refractivity contribution < 1.29 is 60.4 Å². The topological polar surface area (TPSA) is 141 Å². The van der Waals surface area contributed by atoms with Gasteiger partial charge in [-0.25, -0.2) is 14.4 Å². The Morgan fingerprint density at radius 2 is 1.15 bits per heavy atom. The standard InChI is InChI=1S/C17H19BrClNO5.C14H14BrClO4.C3H6ClNO.ClH/c1-17(2)13(24-16(22)20(3)4)12(14(21)25-15(17)23-5)10-7-6-9(18)8-11(10)19;1-14(2)11(17)10(12(18)20-13(14)19-3)8-5-4-7(15)6-9(8)16;1-5(2)3(4)6;/h6-8,15H,1-5H3;4-6,13,17H,1-3H3;1-2H3;1H/p-1. The second-order valence-electron chi connectivity index (χ2n) is 12.5. The van der Waals surface area contributed by atoms with Crippen LogP contribution >= 0.6 is 66.7 Å². The number of methoxy groups -OCH3 is 2. The number of hydrogen-bond donors (Lipinski definition) is 1. The predicted molar refractivity (Wildman–Crippen MR) is 201 cm³/mol. The molecular formula is C34H39Br2Cl4N2O10-. The highest BCUT2D eigenvalue weighted by molar-refractivity contribution is 9.10. The summed E-state index contributed by atoms with van der Waals surface area (Å²) in [4.78, 5) is 49.3. The molecule has 0 radical (unpaired) electrons. The number of carbonyl (C=O) groups excluding carboxylic acids is 4. The van der Waals surface area contributed by atoms with Crippen LogP contribution in [0.25, 0.3) is 11.1 Å². The molecule has 2 atom stereocenters. The SMILES string of the molecule is CN(C)C(=O)Cl.COC1OC(=O)C(c2ccc(Br)cc2Cl)=C(O)C1(C)C.COC1OC(=O)C(c2ccc(Br)cc2Cl)=C(OC(=O)N(C)C)C1(C)C.[Cl-]. The lowest BCUT2D eigenvalue weighted by Gasteiger charge is -2.38. The van der Waals surface area contributed by atoms with Crippen molar-refractivity contribution in [3.63, 3.8) is 0 Å². The molecule has 4 rings (SSSR count). The summed E-state index contributed by atoms with van der Waals surface area (Å²) in [6.07, 6.45) is -2.35. The monoisotopic (exact) mass is 933 g/mol. The fraction of sp³-hybridized carbons (Fsp3) is 0.412. The van der Waals surface area contributed by atoms with E-state index in [4.69, 9.17) is 58.5 Å². The van der Waals surface area contributed by atoms with Crippen molar-refractivity contribution in [2.24, 2.45) is 10.8 Å². The number of hydrogen-bond acceptors (Lipinski definition) is 10. The third-order valence-electron chi connectivity index (χ3n) is 7.41. The van der Waals surface area contributed by atoms with E-state index < -0.39 is 46.8 Å². The number of esters is 2. The van der Waals surface area contributed by atoms with Gasteiger partial charge in [-0.3, -0.25) is 4.79 Å². The average molecular weight is 937 g/mol. The molecule has 0 saturated heterocycles. The van der Waals surface area contributed by atoms with Gasteiger partial charge in [-0.1, -0.05) is 67.2 Å². The molecule has 0 fully saturated rings. The maximum atomic E-state index is 12.6. The van der Waals surface area contributed by atoms with Gasteiger partial charge in [-0.15, -0.1) is 0 Å². The summed E-state index contributed by atoms with van der Waals surface area (Å²) in [5, 5.41) is 10.7. The predicted octanol–water partition coefficient (Wildman–Crippen LogP) is 5.91. The van der Waals surface area contributed by atoms with E-state index in [0.717, 1.165) is 8.95 Å². The molecule has 0 bridgehead atoms. The highest BCUT2D eigenvalue weighted by Crippen LogP contribution is 2.45. The van der Waals surface area contributed by atoms with Gasteiger partial charge in [0, 0.05) is 72.5 Å². The van der Waals surface area contributed by atoms with Crippen molar-refractivity contribution in [3.05, 3.63) is 78.0 Å². The number of amides is 2. The van der Waals surface area contributed by atoms with Crippen molar-refractivity contribution in [1.82, 2.24) is 9.80 Å². The lowest BCUT2D eigenvalue weighted by molar-refractivity contribution is -0.196. The van der Waals surface area contributed by atoms with Gasteiger partial charge in [0.15, 0.2) is 0 Å². The minimum atomic E-state index is -0.903. The molecule has 2 aliphatic heterocycles. The van der Waals surface area contributed by atoms with Crippen LogP contribution in [0.15, 0.2) is 56.9 Å². The number of aliphatic hydroxyl groups excluding tert-OH is 1. The molecule has 0 saturated carbocycles. The van der Waals surface area contributed by atoms with Gasteiger partial charge in [-0.05, 0) is 63.6 Å². The Kier molecular flexibility index (Phi) is 18.0. The molecule has 2 amide bonds. The van der Waals surface area contributed by atoms with Crippen molar-refractivity contribution in [2.75, 3.05) is 42.4 Å². The van der Waals surface area contributed by atoms with Crippen molar-refractivity contribution in [3.8, 4) is 0 Å². The van der Waals surface area contributed by atoms with Crippen molar-refractivity contribution in [2.45, 2.75) is 40.3 Å². The maximum absolute atomic E-state index is 12.6. The van der Waals surface area contributed by atoms with E-state index in [1.807, 2.05) is 0 Å². The van der Waals surface area contributed by atoms with Gasteiger partial charge in [0.05, 0.1) is 10.8 Å². The Morgan fingerprint density at radius 1 is 0.769 bits per heavy atom. The Morgan fingerprint density at radius 3 is 1.52 bits per heavy atom. The van der Waals surface area contributed by atoms with E-state index in [-0.39, 0.29) is 35.1 Å². The molecule has 2 aliphatic rings. The number of aliphatic hydroxyl groups is 1. The minimum absolute atomic E-state index is 0. The molecule has 2 heterocycles. The highest BCUT2D eigenvalue weighted by Gasteiger charge is 2.48. The number of ether oxygens (including phenoxy) is 5. The average Bonchev–Trinajstić information content (AvgIpc) is 3.03. The summed E-state index contributed by atoms with van der Waals surface area (Å²) in [5.74, 6) is -1.27. The second kappa shape index (κ2) is 19.7. The maximum Gasteiger partial charge on any atom is 0.414 e. The van der Waals surface area contributed by atoms with Crippen LogP contribution in [0.3, 0.4) is 0 Å². The first-order valence-electron chi connectivity index (χ1n) is 14.9. The third kappa shape index (κ3) is 11.2.